The van der Waals surface area contributed by atoms with Crippen molar-refractivity contribution in [3.63, 3.8) is 0 Å². The third-order valence-corrected chi connectivity index (χ3v) is 6.35. The number of benzene rings is 1. The third kappa shape index (κ3) is 6.25. The molecule has 1 aromatic carbocycles. The van der Waals surface area contributed by atoms with E-state index in [2.05, 4.69) is 20.8 Å². The molecule has 11 heteroatoms. The molecule has 31 heavy (non-hydrogen) atoms. The summed E-state index contributed by atoms with van der Waals surface area (Å²) in [7, 11) is 1.53. The zero-order valence-electron chi connectivity index (χ0n) is 17.2. The van der Waals surface area contributed by atoms with Crippen LogP contribution in [-0.2, 0) is 0 Å². The number of carbonyl (C=O) groups is 1. The molecule has 0 spiro atoms. The third-order valence-electron chi connectivity index (χ3n) is 5.60. The van der Waals surface area contributed by atoms with Crippen molar-refractivity contribution in [2.75, 3.05) is 12.4 Å². The van der Waals surface area contributed by atoms with Gasteiger partial charge in [0, 0.05) is 30.8 Å². The maximum Gasteiger partial charge on any atom is 0.261 e. The predicted molar refractivity (Wildman–Crippen MR) is 122 cm³/mol. The molecule has 2 aliphatic carbocycles. The predicted octanol–water partition coefficient (Wildman–Crippen LogP) is 4.97. The number of amides is 1. The number of hydrogen-bond donors (Lipinski definition) is 2. The van der Waals surface area contributed by atoms with Crippen LogP contribution in [0.2, 0.25) is 0 Å². The lowest BCUT2D eigenvalue weighted by Gasteiger charge is -2.29. The number of nitrogens with zero attached hydrogens (tertiary/aromatic N) is 2. The topological polar surface area (TPSA) is 76.1 Å². The number of aryl methyl sites for hydroxylation is 1. The highest BCUT2D eigenvalue weighted by Crippen LogP contribution is 2.43. The van der Waals surface area contributed by atoms with Gasteiger partial charge in [-0.05, 0) is 43.9 Å². The number of nitrogens with one attached hydrogen (secondary N) is 2. The van der Waals surface area contributed by atoms with Crippen LogP contribution in [0.25, 0.3) is 0 Å². The maximum absolute atomic E-state index is 13.3. The first-order valence-electron chi connectivity index (χ1n) is 9.78. The second-order valence-electron chi connectivity index (χ2n) is 7.79. The van der Waals surface area contributed by atoms with E-state index in [1.54, 1.807) is 6.07 Å². The normalized spacial score (nSPS) is 22.1. The van der Waals surface area contributed by atoms with E-state index in [0.717, 1.165) is 17.0 Å². The molecule has 1 heterocycles. The first kappa shape index (κ1) is 25.7. The lowest BCUT2D eigenvalue weighted by molar-refractivity contribution is -0.0405. The average Bonchev–Trinajstić information content (AvgIpc) is 3.34. The first-order valence-corrected chi connectivity index (χ1v) is 10.6. The fourth-order valence-corrected chi connectivity index (χ4v) is 4.49. The van der Waals surface area contributed by atoms with Crippen molar-refractivity contribution >= 4 is 47.2 Å². The van der Waals surface area contributed by atoms with E-state index in [1.807, 2.05) is 19.1 Å². The Morgan fingerprint density at radius 1 is 1.23 bits per heavy atom. The molecule has 0 aliphatic heterocycles. The number of ether oxygens (including phenoxy) is 1. The highest BCUT2D eigenvalue weighted by Gasteiger charge is 2.42. The van der Waals surface area contributed by atoms with Crippen molar-refractivity contribution in [2.24, 2.45) is 0 Å². The molecule has 0 radical (unpaired) electrons. The number of aromatic nitrogens is 2. The summed E-state index contributed by atoms with van der Waals surface area (Å²) in [5, 5.41) is 15.3. The zero-order valence-corrected chi connectivity index (χ0v) is 19.6. The van der Waals surface area contributed by atoms with E-state index in [1.165, 1.54) is 18.4 Å². The Kier molecular flexibility index (Phi) is 8.61. The summed E-state index contributed by atoms with van der Waals surface area (Å²) >= 11 is 1.31. The van der Waals surface area contributed by atoms with Gasteiger partial charge < -0.3 is 10.1 Å². The minimum absolute atomic E-state index is 0. The van der Waals surface area contributed by atoms with E-state index in [9.17, 15) is 13.6 Å². The Labute approximate surface area is 196 Å². The van der Waals surface area contributed by atoms with Gasteiger partial charge in [0.25, 0.3) is 5.91 Å². The molecule has 2 N–H and O–H groups in total. The van der Waals surface area contributed by atoms with Crippen LogP contribution in [0.5, 0.6) is 5.75 Å². The van der Waals surface area contributed by atoms with Gasteiger partial charge in [-0.2, -0.15) is 0 Å². The van der Waals surface area contributed by atoms with E-state index >= 15 is 0 Å². The summed E-state index contributed by atoms with van der Waals surface area (Å²) < 4.78 is 32.0. The minimum atomic E-state index is -2.51. The molecule has 2 aromatic rings. The van der Waals surface area contributed by atoms with E-state index in [4.69, 9.17) is 4.74 Å². The molecule has 6 nitrogen and oxygen atoms in total. The van der Waals surface area contributed by atoms with Crippen LogP contribution < -0.4 is 15.4 Å². The van der Waals surface area contributed by atoms with Crippen molar-refractivity contribution in [3.8, 4) is 5.75 Å². The van der Waals surface area contributed by atoms with Crippen LogP contribution in [0.4, 0.5) is 13.9 Å². The zero-order chi connectivity index (χ0) is 20.6. The van der Waals surface area contributed by atoms with E-state index in [0.29, 0.717) is 29.3 Å². The van der Waals surface area contributed by atoms with Crippen LogP contribution in [0.3, 0.4) is 0 Å². The van der Waals surface area contributed by atoms with Crippen LogP contribution in [0.1, 0.15) is 59.0 Å². The van der Waals surface area contributed by atoms with Gasteiger partial charge >= 0.3 is 0 Å². The van der Waals surface area contributed by atoms with Crippen LogP contribution >= 0.6 is 36.2 Å². The fraction of sp³-hybridized carbons (Fsp3) is 0.550. The second kappa shape index (κ2) is 10.4. The number of halogens is 4. The molecule has 0 saturated heterocycles. The molecular weight excluding hydrogens is 469 g/mol. The molecule has 1 aromatic heterocycles. The maximum atomic E-state index is 13.3. The van der Waals surface area contributed by atoms with Crippen LogP contribution in [0.15, 0.2) is 18.2 Å². The highest BCUT2D eigenvalue weighted by molar-refractivity contribution is 7.15. The van der Waals surface area contributed by atoms with Crippen molar-refractivity contribution < 1.29 is 18.3 Å². The number of alkyl halides is 2. The van der Waals surface area contributed by atoms with Gasteiger partial charge in [0.1, 0.15) is 10.8 Å². The molecule has 2 saturated carbocycles. The lowest BCUT2D eigenvalue weighted by atomic mass is 9.92. The summed E-state index contributed by atoms with van der Waals surface area (Å²) in [6.07, 6.45) is 1.87. The Morgan fingerprint density at radius 3 is 2.55 bits per heavy atom. The van der Waals surface area contributed by atoms with E-state index < -0.39 is 5.92 Å². The minimum Gasteiger partial charge on any atom is -0.496 e. The molecular formula is C20H26Cl2F2N4O2S. The van der Waals surface area contributed by atoms with Crippen molar-refractivity contribution in [1.29, 1.82) is 0 Å². The number of hydrogen-bond acceptors (Lipinski definition) is 6. The Balaban J connectivity index is 0.00000171. The van der Waals surface area contributed by atoms with Gasteiger partial charge in [-0.25, -0.2) is 8.78 Å². The molecule has 2 fully saturated rings. The summed E-state index contributed by atoms with van der Waals surface area (Å²) in [6.45, 7) is 1.82. The molecule has 2 atom stereocenters. The first-order chi connectivity index (χ1) is 13.8. The van der Waals surface area contributed by atoms with Gasteiger partial charge in [-0.15, -0.1) is 35.0 Å². The number of carbonyl (C=O) groups excluding carboxylic acids is 1. The quantitative estimate of drug-likeness (QED) is 0.592. The Morgan fingerprint density at radius 2 is 1.94 bits per heavy atom. The lowest BCUT2D eigenvalue weighted by Crippen LogP contribution is -2.38. The fourth-order valence-electron chi connectivity index (χ4n) is 3.90. The average molecular weight is 495 g/mol. The van der Waals surface area contributed by atoms with Crippen molar-refractivity contribution in [2.45, 2.75) is 63.0 Å². The largest absolute Gasteiger partial charge is 0.496 e. The number of anilines is 1. The smallest absolute Gasteiger partial charge is 0.261 e. The van der Waals surface area contributed by atoms with Gasteiger partial charge in [-0.1, -0.05) is 17.4 Å². The van der Waals surface area contributed by atoms with Crippen LogP contribution in [-0.4, -0.2) is 41.2 Å². The molecule has 4 rings (SSSR count). The molecule has 1 amide bonds. The molecule has 2 aliphatic rings. The SMILES string of the molecule is COc1ccc([C@@H]2C[C@H]2NC2CCC(F)(F)CC2)cc1C(=O)Nc1nnc(C)s1.Cl.Cl. The van der Waals surface area contributed by atoms with Crippen molar-refractivity contribution in [1.82, 2.24) is 15.5 Å². The summed E-state index contributed by atoms with van der Waals surface area (Å²) in [4.78, 5) is 12.7. The molecule has 0 unspecified atom stereocenters. The van der Waals surface area contributed by atoms with Crippen molar-refractivity contribution in [3.05, 3.63) is 34.3 Å². The summed E-state index contributed by atoms with van der Waals surface area (Å²) in [5.41, 5.74) is 1.49. The summed E-state index contributed by atoms with van der Waals surface area (Å²) in [6, 6.07) is 6.02. The second-order valence-corrected chi connectivity index (χ2v) is 8.97. The molecule has 172 valence electrons. The van der Waals surface area contributed by atoms with Crippen LogP contribution in [0, 0.1) is 6.92 Å². The number of methoxy groups -OCH3 is 1. The monoisotopic (exact) mass is 494 g/mol. The highest BCUT2D eigenvalue weighted by atomic mass is 35.5. The Hall–Kier alpha value is -1.55. The van der Waals surface area contributed by atoms with Gasteiger partial charge in [0.15, 0.2) is 0 Å². The van der Waals surface area contributed by atoms with Gasteiger partial charge in [-0.3, -0.25) is 10.1 Å². The van der Waals surface area contributed by atoms with E-state index in [-0.39, 0.29) is 61.6 Å². The number of rotatable bonds is 6. The molecule has 0 bridgehead atoms. The van der Waals surface area contributed by atoms with Gasteiger partial charge in [0.05, 0.1) is 12.7 Å². The Bertz CT molecular complexity index is 905. The summed E-state index contributed by atoms with van der Waals surface area (Å²) in [5.74, 6) is -2.03. The standard InChI is InChI=1S/C20H24F2N4O2S.2ClH/c1-11-25-26-19(29-11)24-18(27)15-9-12(3-4-17(15)28-2)14-10-16(14)23-13-5-7-20(21,22)8-6-13;;/h3-4,9,13-14,16,23H,5-8,10H2,1-2H3,(H,24,26,27);2*1H/t14-,16+;;/m0../s1. The van der Waals surface area contributed by atoms with Gasteiger partial charge in [0.2, 0.25) is 11.1 Å².